The molecule has 3 aromatic rings. The lowest BCUT2D eigenvalue weighted by Crippen LogP contribution is -2.21. The van der Waals surface area contributed by atoms with Crippen molar-refractivity contribution in [1.29, 1.82) is 0 Å². The number of carboxylic acids is 1. The quantitative estimate of drug-likeness (QED) is 0.554. The van der Waals surface area contributed by atoms with Gasteiger partial charge in [0.15, 0.2) is 5.69 Å². The predicted octanol–water partition coefficient (Wildman–Crippen LogP) is 2.19. The molecule has 0 atom stereocenters. The van der Waals surface area contributed by atoms with Crippen LogP contribution in [0.4, 0.5) is 17.6 Å². The number of nitrogens with zero attached hydrogens (tertiary/aromatic N) is 4. The van der Waals surface area contributed by atoms with Crippen LogP contribution in [0, 0.1) is 5.82 Å². The van der Waals surface area contributed by atoms with Gasteiger partial charge in [-0.3, -0.25) is 4.52 Å². The molecule has 3 rings (SSSR count). The van der Waals surface area contributed by atoms with Crippen molar-refractivity contribution < 1.29 is 36.6 Å². The van der Waals surface area contributed by atoms with Crippen LogP contribution in [0.2, 0.25) is 5.02 Å². The monoisotopic (exact) mass is 453 g/mol. The predicted molar refractivity (Wildman–Crippen MR) is 91.4 cm³/mol. The van der Waals surface area contributed by atoms with Gasteiger partial charge in [-0.15, -0.1) is 0 Å². The summed E-state index contributed by atoms with van der Waals surface area (Å²) in [6.07, 6.45) is -3.92. The van der Waals surface area contributed by atoms with Crippen molar-refractivity contribution in [2.24, 2.45) is 5.73 Å². The van der Waals surface area contributed by atoms with Gasteiger partial charge in [0.1, 0.15) is 11.5 Å². The fourth-order valence-electron chi connectivity index (χ4n) is 2.06. The summed E-state index contributed by atoms with van der Waals surface area (Å²) in [6.45, 7) is 0.464. The maximum Gasteiger partial charge on any atom is 0.490 e. The summed E-state index contributed by atoms with van der Waals surface area (Å²) in [7, 11) is 0. The van der Waals surface area contributed by atoms with E-state index < -0.39 is 23.7 Å². The van der Waals surface area contributed by atoms with Crippen molar-refractivity contribution in [2.45, 2.75) is 19.0 Å². The summed E-state index contributed by atoms with van der Waals surface area (Å²) in [4.78, 5) is 20.9. The number of nitrogens with two attached hydrogens (primary N) is 1. The highest BCUT2D eigenvalue weighted by molar-refractivity contribution is 6.30. The summed E-state index contributed by atoms with van der Waals surface area (Å²) >= 11 is 5.76. The number of alkyl halides is 3. The summed E-state index contributed by atoms with van der Waals surface area (Å²) < 4.78 is 55.6. The molecule has 0 radical (unpaired) electrons. The molecule has 0 aliphatic rings. The third-order valence-electron chi connectivity index (χ3n) is 3.39. The van der Waals surface area contributed by atoms with E-state index in [1.165, 1.54) is 12.1 Å². The number of halogens is 5. The molecule has 10 nitrogen and oxygen atoms in total. The van der Waals surface area contributed by atoms with Crippen molar-refractivity contribution in [3.8, 4) is 17.2 Å². The SMILES string of the molecule is NCCCc1nonc1-c1noc(=O)n1-c1ccc(F)c(Cl)c1.O=C(O)C(F)(F)F. The van der Waals surface area contributed by atoms with E-state index in [9.17, 15) is 22.4 Å². The number of hydrogen-bond donors (Lipinski definition) is 2. The third kappa shape index (κ3) is 5.42. The summed E-state index contributed by atoms with van der Waals surface area (Å²) in [6, 6.07) is 3.79. The van der Waals surface area contributed by atoms with E-state index >= 15 is 0 Å². The number of benzene rings is 1. The molecule has 0 saturated carbocycles. The van der Waals surface area contributed by atoms with E-state index in [4.69, 9.17) is 31.9 Å². The number of aliphatic carboxylic acids is 1. The minimum atomic E-state index is -5.08. The van der Waals surface area contributed by atoms with Gasteiger partial charge in [0, 0.05) is 0 Å². The number of aryl methyl sites for hydroxylation is 1. The first-order chi connectivity index (χ1) is 14.1. The largest absolute Gasteiger partial charge is 0.490 e. The topological polar surface area (TPSA) is 150 Å². The smallest absolute Gasteiger partial charge is 0.475 e. The van der Waals surface area contributed by atoms with E-state index in [1.807, 2.05) is 0 Å². The van der Waals surface area contributed by atoms with Crippen molar-refractivity contribution in [3.05, 3.63) is 45.3 Å². The summed E-state index contributed by atoms with van der Waals surface area (Å²) in [5.41, 5.74) is 6.50. The molecule has 0 bridgehead atoms. The second kappa shape index (κ2) is 9.49. The van der Waals surface area contributed by atoms with Crippen molar-refractivity contribution in [2.75, 3.05) is 6.54 Å². The van der Waals surface area contributed by atoms with Crippen LogP contribution in [-0.2, 0) is 11.2 Å². The average molecular weight is 454 g/mol. The van der Waals surface area contributed by atoms with E-state index in [0.717, 1.165) is 10.6 Å². The molecule has 0 spiro atoms. The van der Waals surface area contributed by atoms with Gasteiger partial charge in [-0.05, 0) is 42.7 Å². The summed E-state index contributed by atoms with van der Waals surface area (Å²) in [5, 5.41) is 18.2. The minimum absolute atomic E-state index is 0.0888. The fraction of sp³-hybridized carbons (Fsp3) is 0.267. The van der Waals surface area contributed by atoms with Gasteiger partial charge < -0.3 is 10.8 Å². The molecule has 0 saturated heterocycles. The van der Waals surface area contributed by atoms with Crippen LogP contribution >= 0.6 is 11.6 Å². The van der Waals surface area contributed by atoms with Crippen molar-refractivity contribution in [3.63, 3.8) is 0 Å². The average Bonchev–Trinajstić information content (AvgIpc) is 3.28. The molecule has 0 fully saturated rings. The molecule has 1 aromatic carbocycles. The van der Waals surface area contributed by atoms with Gasteiger partial charge in [0.25, 0.3) is 0 Å². The number of aromatic nitrogens is 4. The zero-order valence-corrected chi connectivity index (χ0v) is 15.4. The van der Waals surface area contributed by atoms with E-state index in [1.54, 1.807) is 0 Å². The van der Waals surface area contributed by atoms with Crippen LogP contribution in [0.15, 0.2) is 32.1 Å². The Labute approximate surface area is 168 Å². The zero-order chi connectivity index (χ0) is 22.5. The van der Waals surface area contributed by atoms with E-state index in [-0.39, 0.29) is 22.2 Å². The maximum atomic E-state index is 13.3. The molecular weight excluding hydrogens is 442 g/mol. The number of rotatable bonds is 5. The van der Waals surface area contributed by atoms with Gasteiger partial charge in [-0.2, -0.15) is 13.2 Å². The normalized spacial score (nSPS) is 11.1. The molecule has 0 amide bonds. The lowest BCUT2D eigenvalue weighted by molar-refractivity contribution is -0.192. The zero-order valence-electron chi connectivity index (χ0n) is 14.7. The van der Waals surface area contributed by atoms with Gasteiger partial charge >= 0.3 is 17.9 Å². The standard InChI is InChI=1S/C13H11ClFN5O3.C2HF3O2/c14-8-6-7(3-4-9(8)15)20-12(19-22-13(20)21)11-10(2-1-5-16)17-23-18-11;3-2(4,5)1(6)7/h3-4,6H,1-2,5,16H2;(H,6,7). The Morgan fingerprint density at radius 1 is 1.27 bits per heavy atom. The van der Waals surface area contributed by atoms with Crippen molar-refractivity contribution >= 4 is 17.6 Å². The highest BCUT2D eigenvalue weighted by atomic mass is 35.5. The highest BCUT2D eigenvalue weighted by Crippen LogP contribution is 2.24. The minimum Gasteiger partial charge on any atom is -0.475 e. The first kappa shape index (κ1) is 23.0. The maximum absolute atomic E-state index is 13.3. The Kier molecular flexibility index (Phi) is 7.28. The lowest BCUT2D eigenvalue weighted by atomic mass is 10.2. The number of carboxylic acid groups (broad SMARTS) is 1. The van der Waals surface area contributed by atoms with Crippen LogP contribution in [0.3, 0.4) is 0 Å². The van der Waals surface area contributed by atoms with Gasteiger partial charge in [-0.1, -0.05) is 21.9 Å². The lowest BCUT2D eigenvalue weighted by Gasteiger charge is -2.04. The van der Waals surface area contributed by atoms with E-state index in [0.29, 0.717) is 25.1 Å². The number of hydrogen-bond acceptors (Lipinski definition) is 8. The Hall–Kier alpha value is -3.26. The Balaban J connectivity index is 0.000000396. The Morgan fingerprint density at radius 3 is 2.50 bits per heavy atom. The van der Waals surface area contributed by atoms with Crippen LogP contribution in [0.25, 0.3) is 17.2 Å². The first-order valence-corrected chi connectivity index (χ1v) is 8.30. The van der Waals surface area contributed by atoms with E-state index in [2.05, 4.69) is 20.0 Å². The van der Waals surface area contributed by atoms with Gasteiger partial charge in [0.2, 0.25) is 5.82 Å². The number of carbonyl (C=O) groups is 1. The molecular formula is C15H12ClF4N5O5. The second-order valence-corrected chi connectivity index (χ2v) is 5.87. The highest BCUT2D eigenvalue weighted by Gasteiger charge is 2.38. The Morgan fingerprint density at radius 2 is 1.93 bits per heavy atom. The van der Waals surface area contributed by atoms with Crippen molar-refractivity contribution in [1.82, 2.24) is 20.0 Å². The summed E-state index contributed by atoms with van der Waals surface area (Å²) in [5.74, 6) is -4.04. The third-order valence-corrected chi connectivity index (χ3v) is 3.68. The molecule has 30 heavy (non-hydrogen) atoms. The van der Waals surface area contributed by atoms with Gasteiger partial charge in [0.05, 0.1) is 10.7 Å². The van der Waals surface area contributed by atoms with Crippen LogP contribution in [0.1, 0.15) is 12.1 Å². The first-order valence-electron chi connectivity index (χ1n) is 7.92. The molecule has 162 valence electrons. The molecule has 15 heteroatoms. The molecule has 0 unspecified atom stereocenters. The van der Waals surface area contributed by atoms with Crippen LogP contribution < -0.4 is 11.5 Å². The van der Waals surface area contributed by atoms with Crippen LogP contribution in [0.5, 0.6) is 0 Å². The fourth-order valence-corrected chi connectivity index (χ4v) is 2.24. The second-order valence-electron chi connectivity index (χ2n) is 5.46. The van der Waals surface area contributed by atoms with Crippen LogP contribution in [-0.4, -0.2) is 43.8 Å². The molecule has 0 aliphatic heterocycles. The Bertz CT molecular complexity index is 1080. The molecule has 2 heterocycles. The molecule has 0 aliphatic carbocycles. The molecule has 3 N–H and O–H groups in total. The van der Waals surface area contributed by atoms with Gasteiger partial charge in [-0.25, -0.2) is 23.2 Å². The molecule has 2 aromatic heterocycles.